The molecule has 3 saturated carbocycles. The van der Waals surface area contributed by atoms with Crippen LogP contribution < -0.4 is 0 Å². The van der Waals surface area contributed by atoms with Crippen molar-refractivity contribution < 1.29 is 9.53 Å². The lowest BCUT2D eigenvalue weighted by atomic mass is 9.38. The Hall–Kier alpha value is -0.530. The Bertz CT molecular complexity index is 538. The number of rotatable bonds is 0. The zero-order chi connectivity index (χ0) is 16.7. The van der Waals surface area contributed by atoms with Gasteiger partial charge < -0.3 is 4.74 Å². The maximum absolute atomic E-state index is 12.1. The van der Waals surface area contributed by atoms with E-state index in [0.29, 0.717) is 23.2 Å². The van der Waals surface area contributed by atoms with Crippen LogP contribution in [0.5, 0.6) is 0 Å². The number of carbonyl (C=O) groups is 1. The Morgan fingerprint density at radius 2 is 1.48 bits per heavy atom. The minimum Gasteiger partial charge on any atom is -0.459 e. The number of ether oxygens (including phenoxy) is 1. The number of esters is 1. The number of fused-ring (bicyclic) bond motifs is 5. The first-order valence-electron chi connectivity index (χ1n) is 9.84. The lowest BCUT2D eigenvalue weighted by Crippen LogP contribution is -2.61. The fourth-order valence-electron chi connectivity index (χ4n) is 8.11. The molecule has 4 fully saturated rings. The van der Waals surface area contributed by atoms with Gasteiger partial charge in [0.1, 0.15) is 5.60 Å². The van der Waals surface area contributed by atoms with Crippen molar-refractivity contribution in [2.75, 3.05) is 0 Å². The van der Waals surface area contributed by atoms with Crippen LogP contribution in [0.25, 0.3) is 0 Å². The molecule has 0 amide bonds. The minimum atomic E-state index is -0.185. The molecule has 3 aliphatic carbocycles. The first kappa shape index (κ1) is 16.0. The van der Waals surface area contributed by atoms with Gasteiger partial charge in [0.15, 0.2) is 0 Å². The third-order valence-electron chi connectivity index (χ3n) is 9.02. The van der Waals surface area contributed by atoms with Gasteiger partial charge in [-0.2, -0.15) is 0 Å². The normalized spacial score (nSPS) is 54.7. The highest BCUT2D eigenvalue weighted by Crippen LogP contribution is 2.71. The fourth-order valence-corrected chi connectivity index (χ4v) is 8.11. The van der Waals surface area contributed by atoms with Crippen molar-refractivity contribution in [3.05, 3.63) is 0 Å². The van der Waals surface area contributed by atoms with Gasteiger partial charge in [-0.3, -0.25) is 4.79 Å². The number of carbonyl (C=O) groups excluding carboxylic acids is 1. The highest BCUT2D eigenvalue weighted by atomic mass is 16.6. The molecule has 0 spiro atoms. The van der Waals surface area contributed by atoms with Gasteiger partial charge in [-0.05, 0) is 73.5 Å². The SMILES string of the molecule is CC1(C)CCC[C@]2(C)[C@H]3CC[C@]4(C)OC(=O)C[C@@H]4[C@]3(C)CC[C@@H]12. The zero-order valence-corrected chi connectivity index (χ0v) is 15.7. The molecule has 2 heteroatoms. The van der Waals surface area contributed by atoms with E-state index in [1.807, 2.05) is 0 Å². The molecule has 0 bridgehead atoms. The second-order valence-corrected chi connectivity index (χ2v) is 10.6. The van der Waals surface area contributed by atoms with Crippen LogP contribution in [0.2, 0.25) is 0 Å². The summed E-state index contributed by atoms with van der Waals surface area (Å²) in [5.74, 6) is 2.10. The molecule has 4 aliphatic rings. The molecule has 6 atom stereocenters. The molecule has 0 aromatic rings. The summed E-state index contributed by atoms with van der Waals surface area (Å²) in [5.41, 5.74) is 1.05. The second kappa shape index (κ2) is 4.55. The summed E-state index contributed by atoms with van der Waals surface area (Å²) in [6.07, 6.45) is 9.78. The number of hydrogen-bond donors (Lipinski definition) is 0. The second-order valence-electron chi connectivity index (χ2n) is 10.6. The van der Waals surface area contributed by atoms with E-state index < -0.39 is 0 Å². The average molecular weight is 319 g/mol. The Balaban J connectivity index is 1.74. The van der Waals surface area contributed by atoms with E-state index in [2.05, 4.69) is 34.6 Å². The summed E-state index contributed by atoms with van der Waals surface area (Å²) in [7, 11) is 0. The smallest absolute Gasteiger partial charge is 0.306 e. The molecule has 130 valence electrons. The number of hydrogen-bond acceptors (Lipinski definition) is 2. The Kier molecular flexibility index (Phi) is 3.16. The largest absolute Gasteiger partial charge is 0.459 e. The summed E-state index contributed by atoms with van der Waals surface area (Å²) >= 11 is 0. The molecule has 2 nitrogen and oxygen atoms in total. The molecule has 0 aromatic carbocycles. The van der Waals surface area contributed by atoms with Crippen molar-refractivity contribution in [3.63, 3.8) is 0 Å². The van der Waals surface area contributed by atoms with E-state index >= 15 is 0 Å². The van der Waals surface area contributed by atoms with Crippen molar-refractivity contribution in [1.82, 2.24) is 0 Å². The monoisotopic (exact) mass is 318 g/mol. The van der Waals surface area contributed by atoms with E-state index in [1.54, 1.807) is 0 Å². The van der Waals surface area contributed by atoms with Crippen LogP contribution in [0.1, 0.15) is 86.0 Å². The molecule has 0 radical (unpaired) electrons. The van der Waals surface area contributed by atoms with Crippen LogP contribution >= 0.6 is 0 Å². The van der Waals surface area contributed by atoms with Gasteiger partial charge in [0.2, 0.25) is 0 Å². The van der Waals surface area contributed by atoms with E-state index in [4.69, 9.17) is 4.74 Å². The molecule has 4 rings (SSSR count). The van der Waals surface area contributed by atoms with Crippen molar-refractivity contribution in [3.8, 4) is 0 Å². The first-order valence-corrected chi connectivity index (χ1v) is 9.84. The topological polar surface area (TPSA) is 26.3 Å². The molecule has 0 aromatic heterocycles. The first-order chi connectivity index (χ1) is 10.6. The Morgan fingerprint density at radius 1 is 0.826 bits per heavy atom. The maximum Gasteiger partial charge on any atom is 0.306 e. The van der Waals surface area contributed by atoms with Gasteiger partial charge in [-0.25, -0.2) is 0 Å². The Labute approximate surface area is 141 Å². The summed E-state index contributed by atoms with van der Waals surface area (Å²) < 4.78 is 5.84. The molecule has 0 N–H and O–H groups in total. The molecular formula is C21H34O2. The highest BCUT2D eigenvalue weighted by molar-refractivity contribution is 5.73. The maximum atomic E-state index is 12.1. The molecular weight excluding hydrogens is 284 g/mol. The van der Waals surface area contributed by atoms with Gasteiger partial charge in [-0.1, -0.05) is 34.1 Å². The lowest BCUT2D eigenvalue weighted by Gasteiger charge is -2.66. The molecule has 0 unspecified atom stereocenters. The van der Waals surface area contributed by atoms with Crippen LogP contribution in [0.15, 0.2) is 0 Å². The van der Waals surface area contributed by atoms with Crippen LogP contribution in [-0.4, -0.2) is 11.6 Å². The van der Waals surface area contributed by atoms with E-state index in [0.717, 1.165) is 18.3 Å². The highest BCUT2D eigenvalue weighted by Gasteiger charge is 2.66. The molecule has 1 saturated heterocycles. The zero-order valence-electron chi connectivity index (χ0n) is 15.7. The van der Waals surface area contributed by atoms with Crippen LogP contribution in [0.3, 0.4) is 0 Å². The standard InChI is InChI=1S/C21H34O2/c1-18(2)9-6-10-19(3)14(18)7-11-20(4)15(19)8-12-21(5)16(20)13-17(22)23-21/h14-16H,6-13H2,1-5H3/t14-,15+,16+,19-,20+,21-/m0/s1. The molecule has 1 heterocycles. The summed E-state index contributed by atoms with van der Waals surface area (Å²) in [5, 5.41) is 0. The van der Waals surface area contributed by atoms with Gasteiger partial charge in [0, 0.05) is 5.92 Å². The Morgan fingerprint density at radius 3 is 2.22 bits per heavy atom. The third kappa shape index (κ3) is 1.96. The van der Waals surface area contributed by atoms with Gasteiger partial charge in [0.25, 0.3) is 0 Å². The van der Waals surface area contributed by atoms with Gasteiger partial charge in [-0.15, -0.1) is 0 Å². The van der Waals surface area contributed by atoms with Crippen molar-refractivity contribution in [1.29, 1.82) is 0 Å². The van der Waals surface area contributed by atoms with Gasteiger partial charge >= 0.3 is 5.97 Å². The summed E-state index contributed by atoms with van der Waals surface area (Å²) in [4.78, 5) is 12.1. The van der Waals surface area contributed by atoms with E-state index in [9.17, 15) is 4.79 Å². The molecule has 23 heavy (non-hydrogen) atoms. The minimum absolute atomic E-state index is 0.0515. The van der Waals surface area contributed by atoms with E-state index in [1.165, 1.54) is 38.5 Å². The van der Waals surface area contributed by atoms with Crippen LogP contribution in [-0.2, 0) is 9.53 Å². The fraction of sp³-hybridized carbons (Fsp3) is 0.952. The van der Waals surface area contributed by atoms with Crippen LogP contribution in [0, 0.1) is 34.0 Å². The third-order valence-corrected chi connectivity index (χ3v) is 9.02. The van der Waals surface area contributed by atoms with E-state index in [-0.39, 0.29) is 17.0 Å². The van der Waals surface area contributed by atoms with Crippen LogP contribution in [0.4, 0.5) is 0 Å². The molecule has 1 aliphatic heterocycles. The predicted octanol–water partition coefficient (Wildman–Crippen LogP) is 5.35. The van der Waals surface area contributed by atoms with Crippen molar-refractivity contribution in [2.24, 2.45) is 34.0 Å². The van der Waals surface area contributed by atoms with Gasteiger partial charge in [0.05, 0.1) is 6.42 Å². The van der Waals surface area contributed by atoms with Crippen molar-refractivity contribution >= 4 is 5.97 Å². The quantitative estimate of drug-likeness (QED) is 0.563. The van der Waals surface area contributed by atoms with Crippen molar-refractivity contribution in [2.45, 2.75) is 91.6 Å². The summed E-state index contributed by atoms with van der Waals surface area (Å²) in [6, 6.07) is 0. The average Bonchev–Trinajstić information content (AvgIpc) is 2.73. The summed E-state index contributed by atoms with van der Waals surface area (Å²) in [6.45, 7) is 12.3. The lowest BCUT2D eigenvalue weighted by molar-refractivity contribution is -0.197. The predicted molar refractivity (Wildman–Crippen MR) is 91.9 cm³/mol.